The molecule has 0 unspecified atom stereocenters. The van der Waals surface area contributed by atoms with Crippen LogP contribution in [0.15, 0.2) is 66.8 Å². The van der Waals surface area contributed by atoms with Gasteiger partial charge in [0.2, 0.25) is 0 Å². The number of carbonyl (C=O) groups is 2. The van der Waals surface area contributed by atoms with Crippen molar-refractivity contribution < 1.29 is 19.4 Å². The van der Waals surface area contributed by atoms with Gasteiger partial charge in [-0.25, -0.2) is 4.98 Å². The molecule has 1 fully saturated rings. The fourth-order valence-electron chi connectivity index (χ4n) is 3.91. The Labute approximate surface area is 200 Å². The van der Waals surface area contributed by atoms with Crippen molar-refractivity contribution in [2.24, 2.45) is 0 Å². The minimum Gasteiger partial charge on any atom is -0.507 e. The Morgan fingerprint density at radius 2 is 1.88 bits per heavy atom. The molecular formula is C24H21Cl2N3O4. The summed E-state index contributed by atoms with van der Waals surface area (Å²) in [5.74, 6) is -1.28. The van der Waals surface area contributed by atoms with E-state index >= 15 is 0 Å². The number of carbonyl (C=O) groups excluding carboxylic acids is 2. The van der Waals surface area contributed by atoms with Gasteiger partial charge in [0.25, 0.3) is 11.7 Å². The van der Waals surface area contributed by atoms with Crippen LogP contribution in [0.1, 0.15) is 23.6 Å². The molecule has 1 amide bonds. The predicted molar refractivity (Wildman–Crippen MR) is 125 cm³/mol. The minimum absolute atomic E-state index is 0.00573. The third kappa shape index (κ3) is 4.60. The van der Waals surface area contributed by atoms with Crippen molar-refractivity contribution in [3.8, 4) is 5.75 Å². The van der Waals surface area contributed by atoms with Crippen LogP contribution in [0.2, 0.25) is 10.0 Å². The van der Waals surface area contributed by atoms with Gasteiger partial charge >= 0.3 is 0 Å². The number of likely N-dealkylation sites (tertiary alicyclic amines) is 1. The van der Waals surface area contributed by atoms with Gasteiger partial charge in [-0.05, 0) is 42.3 Å². The Morgan fingerprint density at radius 3 is 2.52 bits per heavy atom. The highest BCUT2D eigenvalue weighted by Gasteiger charge is 2.45. The van der Waals surface area contributed by atoms with Crippen LogP contribution in [0.5, 0.6) is 5.75 Å². The zero-order chi connectivity index (χ0) is 23.5. The number of benzene rings is 2. The van der Waals surface area contributed by atoms with Crippen LogP contribution in [0, 0.1) is 0 Å². The van der Waals surface area contributed by atoms with Crippen LogP contribution < -0.4 is 4.74 Å². The van der Waals surface area contributed by atoms with Gasteiger partial charge in [-0.15, -0.1) is 0 Å². The molecule has 0 aliphatic carbocycles. The lowest BCUT2D eigenvalue weighted by Gasteiger charge is -2.25. The maximum atomic E-state index is 13.1. The molecule has 33 heavy (non-hydrogen) atoms. The topological polar surface area (TPSA) is 84.7 Å². The molecule has 0 spiro atoms. The van der Waals surface area contributed by atoms with E-state index in [1.165, 1.54) is 18.1 Å². The molecule has 1 N–H and O–H groups in total. The van der Waals surface area contributed by atoms with E-state index in [1.54, 1.807) is 48.9 Å². The normalized spacial score (nSPS) is 17.5. The number of aliphatic hydroxyl groups excluding tert-OH is 1. The molecule has 1 aliphatic heterocycles. The summed E-state index contributed by atoms with van der Waals surface area (Å²) in [7, 11) is 1.48. The fraction of sp³-hybridized carbons (Fsp3) is 0.208. The number of imidazole rings is 1. The highest BCUT2D eigenvalue weighted by Crippen LogP contribution is 2.40. The zero-order valence-electron chi connectivity index (χ0n) is 17.7. The number of rotatable bonds is 7. The van der Waals surface area contributed by atoms with Crippen molar-refractivity contribution in [3.63, 3.8) is 0 Å². The molecule has 7 nitrogen and oxygen atoms in total. The van der Waals surface area contributed by atoms with E-state index in [0.717, 1.165) is 0 Å². The third-order valence-corrected chi connectivity index (χ3v) is 6.07. The Balaban J connectivity index is 1.74. The first-order valence-corrected chi connectivity index (χ1v) is 11.0. The molecule has 2 aromatic carbocycles. The van der Waals surface area contributed by atoms with Crippen LogP contribution >= 0.6 is 23.2 Å². The molecular weight excluding hydrogens is 465 g/mol. The Bertz CT molecular complexity index is 1210. The standard InChI is InChI=1S/C24H21Cl2N3O4/c1-33-19-8-5-16(13-18(19)26)22(30)20-21(15-3-6-17(25)7-4-15)29(24(32)23(20)31)11-2-10-28-12-9-27-14-28/h3-9,12-14,21,30H,2,10-11H2,1H3/b22-20+/t21-/m0/s1. The van der Waals surface area contributed by atoms with E-state index in [-0.39, 0.29) is 16.4 Å². The SMILES string of the molecule is COc1ccc(/C(O)=C2\C(=O)C(=O)N(CCCn3ccnc3)[C@H]2c2ccc(Cl)cc2)cc1Cl. The van der Waals surface area contributed by atoms with Crippen molar-refractivity contribution in [2.45, 2.75) is 19.0 Å². The highest BCUT2D eigenvalue weighted by molar-refractivity contribution is 6.46. The Morgan fingerprint density at radius 1 is 1.12 bits per heavy atom. The molecule has 0 radical (unpaired) electrons. The van der Waals surface area contributed by atoms with Crippen molar-refractivity contribution >= 4 is 40.7 Å². The van der Waals surface area contributed by atoms with Crippen LogP contribution in [0.3, 0.4) is 0 Å². The number of aromatic nitrogens is 2. The number of aryl methyl sites for hydroxylation is 1. The fourth-order valence-corrected chi connectivity index (χ4v) is 4.30. The molecule has 1 atom stereocenters. The smallest absolute Gasteiger partial charge is 0.295 e. The minimum atomic E-state index is -0.758. The number of amides is 1. The van der Waals surface area contributed by atoms with E-state index in [9.17, 15) is 14.7 Å². The lowest BCUT2D eigenvalue weighted by molar-refractivity contribution is -0.139. The lowest BCUT2D eigenvalue weighted by atomic mass is 9.95. The number of ether oxygens (including phenoxy) is 1. The number of hydrogen-bond donors (Lipinski definition) is 1. The van der Waals surface area contributed by atoms with E-state index in [0.29, 0.717) is 41.4 Å². The van der Waals surface area contributed by atoms with Crippen molar-refractivity contribution in [3.05, 3.63) is 87.9 Å². The number of Topliss-reactive ketones (excluding diaryl/α,β-unsaturated/α-hetero) is 1. The summed E-state index contributed by atoms with van der Waals surface area (Å²) >= 11 is 12.3. The van der Waals surface area contributed by atoms with Crippen LogP contribution in [-0.2, 0) is 16.1 Å². The van der Waals surface area contributed by atoms with Crippen LogP contribution in [0.4, 0.5) is 0 Å². The number of ketones is 1. The van der Waals surface area contributed by atoms with Gasteiger partial charge in [0.15, 0.2) is 0 Å². The molecule has 3 aromatic rings. The van der Waals surface area contributed by atoms with Gasteiger partial charge < -0.3 is 19.3 Å². The molecule has 2 heterocycles. The third-order valence-electron chi connectivity index (χ3n) is 5.53. The number of nitrogens with zero attached hydrogens (tertiary/aromatic N) is 3. The maximum Gasteiger partial charge on any atom is 0.295 e. The molecule has 1 aliphatic rings. The zero-order valence-corrected chi connectivity index (χ0v) is 19.3. The monoisotopic (exact) mass is 485 g/mol. The Hall–Kier alpha value is -3.29. The van der Waals surface area contributed by atoms with E-state index in [2.05, 4.69) is 4.98 Å². The number of hydrogen-bond acceptors (Lipinski definition) is 5. The highest BCUT2D eigenvalue weighted by atomic mass is 35.5. The molecule has 1 saturated heterocycles. The van der Waals surface area contributed by atoms with Crippen LogP contribution in [-0.4, -0.2) is 44.9 Å². The summed E-state index contributed by atoms with van der Waals surface area (Å²) in [6.07, 6.45) is 5.80. The molecule has 9 heteroatoms. The van der Waals surface area contributed by atoms with Gasteiger partial charge in [-0.1, -0.05) is 35.3 Å². The van der Waals surface area contributed by atoms with Gasteiger partial charge in [0.05, 0.1) is 30.1 Å². The second kappa shape index (κ2) is 9.68. The maximum absolute atomic E-state index is 13.1. The first-order chi connectivity index (χ1) is 15.9. The lowest BCUT2D eigenvalue weighted by Crippen LogP contribution is -2.31. The summed E-state index contributed by atoms with van der Waals surface area (Å²) in [6.45, 7) is 0.945. The molecule has 0 bridgehead atoms. The van der Waals surface area contributed by atoms with Crippen molar-refractivity contribution in [1.82, 2.24) is 14.5 Å². The number of methoxy groups -OCH3 is 1. The second-order valence-corrected chi connectivity index (χ2v) is 8.39. The Kier molecular flexibility index (Phi) is 6.72. The largest absolute Gasteiger partial charge is 0.507 e. The molecule has 4 rings (SSSR count). The second-order valence-electron chi connectivity index (χ2n) is 7.55. The van der Waals surface area contributed by atoms with E-state index < -0.39 is 17.7 Å². The summed E-state index contributed by atoms with van der Waals surface area (Å²) in [4.78, 5) is 31.6. The first-order valence-electron chi connectivity index (χ1n) is 10.2. The van der Waals surface area contributed by atoms with Gasteiger partial charge in [0, 0.05) is 36.1 Å². The number of aliphatic hydroxyl groups is 1. The molecule has 0 saturated carbocycles. The molecule has 170 valence electrons. The van der Waals surface area contributed by atoms with E-state index in [4.69, 9.17) is 27.9 Å². The van der Waals surface area contributed by atoms with Gasteiger partial charge in [-0.3, -0.25) is 9.59 Å². The average Bonchev–Trinajstić information content (AvgIpc) is 3.41. The number of halogens is 2. The van der Waals surface area contributed by atoms with Gasteiger partial charge in [-0.2, -0.15) is 0 Å². The average molecular weight is 486 g/mol. The quantitative estimate of drug-likeness (QED) is 0.297. The summed E-state index contributed by atoms with van der Waals surface area (Å²) in [6, 6.07) is 10.8. The predicted octanol–water partition coefficient (Wildman–Crippen LogP) is 4.71. The van der Waals surface area contributed by atoms with Crippen molar-refractivity contribution in [2.75, 3.05) is 13.7 Å². The summed E-state index contributed by atoms with van der Waals surface area (Å²) < 4.78 is 7.06. The molecule has 1 aromatic heterocycles. The van der Waals surface area contributed by atoms with Crippen LogP contribution in [0.25, 0.3) is 5.76 Å². The summed E-state index contributed by atoms with van der Waals surface area (Å²) in [5.41, 5.74) is 0.991. The van der Waals surface area contributed by atoms with Gasteiger partial charge in [0.1, 0.15) is 11.5 Å². The van der Waals surface area contributed by atoms with E-state index in [1.807, 2.05) is 10.8 Å². The first kappa shape index (κ1) is 22.9. The van der Waals surface area contributed by atoms with Crippen molar-refractivity contribution in [1.29, 1.82) is 0 Å². The summed E-state index contributed by atoms with van der Waals surface area (Å²) in [5, 5.41) is 11.9.